The van der Waals surface area contributed by atoms with Crippen molar-refractivity contribution < 1.29 is 9.47 Å². The quantitative estimate of drug-likeness (QED) is 0.847. The lowest BCUT2D eigenvalue weighted by Gasteiger charge is -2.38. The molecule has 0 bridgehead atoms. The molecule has 0 atom stereocenters. The van der Waals surface area contributed by atoms with Crippen molar-refractivity contribution >= 4 is 5.69 Å². The van der Waals surface area contributed by atoms with Crippen molar-refractivity contribution in [3.63, 3.8) is 0 Å². The molecule has 1 aromatic rings. The highest BCUT2D eigenvalue weighted by Gasteiger charge is 2.32. The molecular weight excluding hydrogens is 202 g/mol. The van der Waals surface area contributed by atoms with Gasteiger partial charge in [0.15, 0.2) is 0 Å². The molecule has 1 saturated heterocycles. The summed E-state index contributed by atoms with van der Waals surface area (Å²) in [4.78, 5) is 0. The lowest BCUT2D eigenvalue weighted by molar-refractivity contribution is -0.0924. The van der Waals surface area contributed by atoms with Crippen LogP contribution in [0.1, 0.15) is 12.5 Å². The molecule has 1 aromatic carbocycles. The minimum atomic E-state index is 0.298. The molecule has 1 aliphatic rings. The first-order valence-electron chi connectivity index (χ1n) is 5.59. The molecule has 1 fully saturated rings. The number of ether oxygens (including phenoxy) is 2. The summed E-state index contributed by atoms with van der Waals surface area (Å²) < 4.78 is 10.4. The number of nitrogens with one attached hydrogen (secondary N) is 1. The zero-order valence-corrected chi connectivity index (χ0v) is 10.2. The fraction of sp³-hybridized carbons (Fsp3) is 0.538. The van der Waals surface area contributed by atoms with Gasteiger partial charge in [-0.3, -0.25) is 0 Å². The average Bonchev–Trinajstić information content (AvgIpc) is 2.25. The number of hydrogen-bond acceptors (Lipinski definition) is 3. The zero-order valence-electron chi connectivity index (χ0n) is 10.2. The Bertz CT molecular complexity index is 372. The van der Waals surface area contributed by atoms with E-state index < -0.39 is 0 Å². The van der Waals surface area contributed by atoms with E-state index >= 15 is 0 Å². The predicted molar refractivity (Wildman–Crippen MR) is 65.1 cm³/mol. The highest BCUT2D eigenvalue weighted by atomic mass is 16.5. The van der Waals surface area contributed by atoms with Gasteiger partial charge in [0, 0.05) is 17.6 Å². The molecule has 0 spiro atoms. The molecule has 16 heavy (non-hydrogen) atoms. The third-order valence-electron chi connectivity index (χ3n) is 3.04. The van der Waals surface area contributed by atoms with Crippen molar-refractivity contribution in [2.24, 2.45) is 5.41 Å². The van der Waals surface area contributed by atoms with E-state index in [2.05, 4.69) is 25.2 Å². The maximum atomic E-state index is 5.23. The van der Waals surface area contributed by atoms with Gasteiger partial charge in [0.1, 0.15) is 5.75 Å². The normalized spacial score (nSPS) is 17.7. The van der Waals surface area contributed by atoms with Gasteiger partial charge in [-0.05, 0) is 30.7 Å². The van der Waals surface area contributed by atoms with Gasteiger partial charge in [-0.1, -0.05) is 6.92 Å². The predicted octanol–water partition coefficient (Wildman–Crippen LogP) is 2.45. The molecule has 3 nitrogen and oxygen atoms in total. The number of methoxy groups -OCH3 is 1. The van der Waals surface area contributed by atoms with Crippen LogP contribution in [0.2, 0.25) is 0 Å². The maximum absolute atomic E-state index is 5.23. The number of anilines is 1. The fourth-order valence-corrected chi connectivity index (χ4v) is 1.82. The van der Waals surface area contributed by atoms with Crippen molar-refractivity contribution in [1.82, 2.24) is 0 Å². The molecule has 2 rings (SSSR count). The Morgan fingerprint density at radius 1 is 1.44 bits per heavy atom. The second kappa shape index (κ2) is 4.34. The van der Waals surface area contributed by atoms with Crippen molar-refractivity contribution in [2.75, 3.05) is 32.2 Å². The van der Waals surface area contributed by atoms with E-state index in [0.29, 0.717) is 5.41 Å². The van der Waals surface area contributed by atoms with Crippen LogP contribution < -0.4 is 10.1 Å². The van der Waals surface area contributed by atoms with Crippen LogP contribution in [0.3, 0.4) is 0 Å². The van der Waals surface area contributed by atoms with E-state index in [-0.39, 0.29) is 0 Å². The molecule has 0 aliphatic carbocycles. The van der Waals surface area contributed by atoms with Crippen LogP contribution >= 0.6 is 0 Å². The van der Waals surface area contributed by atoms with Crippen LogP contribution in [-0.2, 0) is 4.74 Å². The first-order valence-corrected chi connectivity index (χ1v) is 5.59. The number of aryl methyl sites for hydroxylation is 1. The molecule has 1 heterocycles. The minimum Gasteiger partial charge on any atom is -0.497 e. The van der Waals surface area contributed by atoms with Crippen molar-refractivity contribution in [2.45, 2.75) is 13.8 Å². The van der Waals surface area contributed by atoms with Crippen LogP contribution in [0.25, 0.3) is 0 Å². The molecule has 0 unspecified atom stereocenters. The summed E-state index contributed by atoms with van der Waals surface area (Å²) in [5, 5.41) is 3.47. The van der Waals surface area contributed by atoms with Crippen molar-refractivity contribution in [3.8, 4) is 5.75 Å². The largest absolute Gasteiger partial charge is 0.497 e. The zero-order chi connectivity index (χ0) is 11.6. The molecule has 3 heteroatoms. The Balaban J connectivity index is 1.98. The van der Waals surface area contributed by atoms with E-state index in [4.69, 9.17) is 9.47 Å². The number of hydrogen-bond donors (Lipinski definition) is 1. The summed E-state index contributed by atoms with van der Waals surface area (Å²) in [6.07, 6.45) is 0. The van der Waals surface area contributed by atoms with Gasteiger partial charge in [-0.2, -0.15) is 0 Å². The summed E-state index contributed by atoms with van der Waals surface area (Å²) in [7, 11) is 1.69. The number of benzene rings is 1. The second-order valence-electron chi connectivity index (χ2n) is 4.84. The number of rotatable bonds is 4. The molecule has 1 aliphatic heterocycles. The third-order valence-corrected chi connectivity index (χ3v) is 3.04. The molecule has 0 saturated carbocycles. The van der Waals surface area contributed by atoms with Crippen LogP contribution in [0.4, 0.5) is 5.69 Å². The molecule has 1 N–H and O–H groups in total. The highest BCUT2D eigenvalue weighted by molar-refractivity contribution is 5.53. The van der Waals surface area contributed by atoms with Gasteiger partial charge in [0.25, 0.3) is 0 Å². The van der Waals surface area contributed by atoms with E-state index in [1.807, 2.05) is 12.1 Å². The first kappa shape index (κ1) is 11.3. The SMILES string of the molecule is COc1ccc(NCC2(C)COC2)c(C)c1. The van der Waals surface area contributed by atoms with Gasteiger partial charge in [0.2, 0.25) is 0 Å². The summed E-state index contributed by atoms with van der Waals surface area (Å²) in [5.41, 5.74) is 2.68. The molecule has 0 amide bonds. The standard InChI is InChI=1S/C13H19NO2/c1-10-6-11(15-3)4-5-12(10)14-7-13(2)8-16-9-13/h4-6,14H,7-9H2,1-3H3. The van der Waals surface area contributed by atoms with Crippen LogP contribution in [-0.4, -0.2) is 26.9 Å². The van der Waals surface area contributed by atoms with Crippen LogP contribution in [0, 0.1) is 12.3 Å². The van der Waals surface area contributed by atoms with Crippen LogP contribution in [0.15, 0.2) is 18.2 Å². The Kier molecular flexibility index (Phi) is 3.06. The topological polar surface area (TPSA) is 30.5 Å². The van der Waals surface area contributed by atoms with Crippen LogP contribution in [0.5, 0.6) is 5.75 Å². The van der Waals surface area contributed by atoms with Crippen molar-refractivity contribution in [1.29, 1.82) is 0 Å². The van der Waals surface area contributed by atoms with E-state index in [9.17, 15) is 0 Å². The van der Waals surface area contributed by atoms with Crippen molar-refractivity contribution in [3.05, 3.63) is 23.8 Å². The third kappa shape index (κ3) is 2.30. The van der Waals surface area contributed by atoms with E-state index in [1.165, 1.54) is 11.3 Å². The maximum Gasteiger partial charge on any atom is 0.119 e. The average molecular weight is 221 g/mol. The van der Waals surface area contributed by atoms with Gasteiger partial charge < -0.3 is 14.8 Å². The van der Waals surface area contributed by atoms with Gasteiger partial charge in [-0.25, -0.2) is 0 Å². The lowest BCUT2D eigenvalue weighted by Crippen LogP contribution is -2.45. The Morgan fingerprint density at radius 2 is 2.19 bits per heavy atom. The van der Waals surface area contributed by atoms with Gasteiger partial charge >= 0.3 is 0 Å². The molecule has 0 aromatic heterocycles. The Hall–Kier alpha value is -1.22. The lowest BCUT2D eigenvalue weighted by atomic mass is 9.88. The van der Waals surface area contributed by atoms with Gasteiger partial charge in [-0.15, -0.1) is 0 Å². The summed E-state index contributed by atoms with van der Waals surface area (Å²) >= 11 is 0. The second-order valence-corrected chi connectivity index (χ2v) is 4.84. The highest BCUT2D eigenvalue weighted by Crippen LogP contribution is 2.28. The smallest absolute Gasteiger partial charge is 0.119 e. The molecular formula is C13H19NO2. The van der Waals surface area contributed by atoms with E-state index in [0.717, 1.165) is 25.5 Å². The molecule has 88 valence electrons. The summed E-state index contributed by atoms with van der Waals surface area (Å²) in [5.74, 6) is 0.904. The molecule has 0 radical (unpaired) electrons. The summed E-state index contributed by atoms with van der Waals surface area (Å²) in [6, 6.07) is 6.09. The minimum absolute atomic E-state index is 0.298. The Labute approximate surface area is 96.8 Å². The first-order chi connectivity index (χ1) is 7.63. The van der Waals surface area contributed by atoms with Gasteiger partial charge in [0.05, 0.1) is 20.3 Å². The van der Waals surface area contributed by atoms with E-state index in [1.54, 1.807) is 7.11 Å². The monoisotopic (exact) mass is 221 g/mol. The summed E-state index contributed by atoms with van der Waals surface area (Å²) in [6.45, 7) is 7.00. The fourth-order valence-electron chi connectivity index (χ4n) is 1.82. The Morgan fingerprint density at radius 3 is 2.69 bits per heavy atom.